The second kappa shape index (κ2) is 22.5. The van der Waals surface area contributed by atoms with E-state index >= 15 is 0 Å². The molecule has 0 unspecified atom stereocenters. The Hall–Kier alpha value is 0.943. The Morgan fingerprint density at radius 3 is 1.70 bits per heavy atom. The normalized spacial score (nSPS) is 8.80. The van der Waals surface area contributed by atoms with E-state index in [-0.39, 0.29) is 65.9 Å². The van der Waals surface area contributed by atoms with Gasteiger partial charge >= 0.3 is 26.2 Å². The average Bonchev–Trinajstić information content (AvgIpc) is 1.76. The summed E-state index contributed by atoms with van der Waals surface area (Å²) in [6.07, 6.45) is 10.0. The molecule has 0 spiro atoms. The molecule has 0 saturated carbocycles. The summed E-state index contributed by atoms with van der Waals surface area (Å²) in [5.74, 6) is 0. The molecule has 0 amide bonds. The van der Waals surface area contributed by atoms with Crippen molar-refractivity contribution in [1.82, 2.24) is 0 Å². The molecule has 1 radical (unpaired) electrons. The van der Waals surface area contributed by atoms with Crippen LogP contribution in [-0.4, -0.2) is 0 Å². The molecule has 59 valence electrons. The van der Waals surface area contributed by atoms with Crippen LogP contribution in [-0.2, 0) is 26.2 Å². The van der Waals surface area contributed by atoms with Gasteiger partial charge in [-0.3, -0.25) is 6.08 Å². The molecule has 0 bridgehead atoms. The van der Waals surface area contributed by atoms with E-state index in [4.69, 9.17) is 0 Å². The predicted molar refractivity (Wildman–Crippen MR) is 48.9 cm³/mol. The maximum absolute atomic E-state index is 2.99. The van der Waals surface area contributed by atoms with Crippen LogP contribution < -0.4 is 0 Å². The molecule has 0 aromatic heterocycles. The summed E-state index contributed by atoms with van der Waals surface area (Å²) in [5.41, 5.74) is 0. The van der Waals surface area contributed by atoms with Crippen molar-refractivity contribution in [3.05, 3.63) is 39.2 Å². The van der Waals surface area contributed by atoms with Crippen molar-refractivity contribution in [2.75, 3.05) is 0 Å². The largest absolute Gasteiger partial charge is 3.00 e. The van der Waals surface area contributed by atoms with Gasteiger partial charge in [0.05, 0.1) is 0 Å². The van der Waals surface area contributed by atoms with E-state index in [2.05, 4.69) is 12.2 Å². The van der Waals surface area contributed by atoms with E-state index in [0.717, 1.165) is 6.42 Å². The number of hydrogen-bond donors (Lipinski definition) is 0. The van der Waals surface area contributed by atoms with Crippen molar-refractivity contribution >= 4 is 24.8 Å². The zero-order valence-corrected chi connectivity index (χ0v) is 10.3. The summed E-state index contributed by atoms with van der Waals surface area (Å²) < 4.78 is 0. The molecule has 1 aliphatic carbocycles. The van der Waals surface area contributed by atoms with Crippen molar-refractivity contribution in [2.45, 2.75) is 6.42 Å². The number of rotatable bonds is 0. The Balaban J connectivity index is -0.0000000167. The predicted octanol–water partition coefficient (Wildman–Crippen LogP) is 3.05. The van der Waals surface area contributed by atoms with Gasteiger partial charge in [-0.2, -0.15) is 6.08 Å². The van der Waals surface area contributed by atoms with Crippen molar-refractivity contribution < 1.29 is 26.2 Å². The van der Waals surface area contributed by atoms with Gasteiger partial charge in [0.25, 0.3) is 0 Å². The van der Waals surface area contributed by atoms with Gasteiger partial charge in [-0.15, -0.1) is 31.2 Å². The number of hydrogen-bond acceptors (Lipinski definition) is 0. The van der Waals surface area contributed by atoms with Gasteiger partial charge in [0.1, 0.15) is 0 Å². The van der Waals surface area contributed by atoms with Crippen LogP contribution >= 0.6 is 24.8 Å². The molecule has 0 saturated heterocycles. The third-order valence-electron chi connectivity index (χ3n) is 0.586. The van der Waals surface area contributed by atoms with Crippen molar-refractivity contribution in [3.63, 3.8) is 0 Å². The number of allylic oxidation sites excluding steroid dienone is 4. The van der Waals surface area contributed by atoms with Gasteiger partial charge in [0.2, 0.25) is 0 Å². The topological polar surface area (TPSA) is 0 Å². The molecule has 0 atom stereocenters. The zero-order chi connectivity index (χ0) is 3.54. The van der Waals surface area contributed by atoms with E-state index in [1.54, 1.807) is 0 Å². The first-order chi connectivity index (χ1) is 2.50. The van der Waals surface area contributed by atoms with Crippen LogP contribution in [0.2, 0.25) is 0 Å². The molecule has 0 aromatic carbocycles. The van der Waals surface area contributed by atoms with Gasteiger partial charge in [-0.25, -0.2) is 12.2 Å². The quantitative estimate of drug-likeness (QED) is 0.587. The summed E-state index contributed by atoms with van der Waals surface area (Å²) in [4.78, 5) is 0. The summed E-state index contributed by atoms with van der Waals surface area (Å²) in [6.45, 7) is 0. The minimum atomic E-state index is 0. The standard InChI is InChI=1S/C5H5.2CH3.2ClH.Zr/c1-2-4-5-3-1;;;;;/h1-3H,4H2;2*1H3;2*1H;/q3*-1;;;+3. The van der Waals surface area contributed by atoms with E-state index in [1.165, 1.54) is 0 Å². The average molecular weight is 259 g/mol. The molecule has 0 nitrogen and oxygen atoms in total. The molecule has 10 heavy (non-hydrogen) atoms. The summed E-state index contributed by atoms with van der Waals surface area (Å²) >= 11 is 0. The SMILES string of the molecule is Cl.Cl.[C-]1=CC=CC1.[CH3-].[CH3-].[Zr+3]. The second-order valence-corrected chi connectivity index (χ2v) is 1.00. The minimum absolute atomic E-state index is 0. The molecule has 1 rings (SSSR count). The minimum Gasteiger partial charge on any atom is -0.358 e. The summed E-state index contributed by atoms with van der Waals surface area (Å²) in [7, 11) is 0. The Labute approximate surface area is 96.1 Å². The molecular weight excluding hydrogens is 246 g/mol. The maximum Gasteiger partial charge on any atom is 3.00 e. The summed E-state index contributed by atoms with van der Waals surface area (Å²) in [6, 6.07) is 0. The Morgan fingerprint density at radius 2 is 1.60 bits per heavy atom. The second-order valence-electron chi connectivity index (χ2n) is 1.00. The molecule has 0 heterocycles. The molecule has 0 N–H and O–H groups in total. The van der Waals surface area contributed by atoms with Gasteiger partial charge in [0.15, 0.2) is 0 Å². The van der Waals surface area contributed by atoms with Crippen molar-refractivity contribution in [2.24, 2.45) is 0 Å². The monoisotopic (exact) mass is 257 g/mol. The van der Waals surface area contributed by atoms with Crippen LogP contribution in [0.25, 0.3) is 0 Å². The molecular formula is C7H13Cl2Zr. The van der Waals surface area contributed by atoms with E-state index in [9.17, 15) is 0 Å². The fraction of sp³-hybridized carbons (Fsp3) is 0.143. The van der Waals surface area contributed by atoms with Crippen LogP contribution in [0.15, 0.2) is 18.2 Å². The van der Waals surface area contributed by atoms with Gasteiger partial charge in [-0.1, -0.05) is 0 Å². The van der Waals surface area contributed by atoms with Gasteiger partial charge in [-0.05, 0) is 0 Å². The fourth-order valence-electron chi connectivity index (χ4n) is 0.340. The summed E-state index contributed by atoms with van der Waals surface area (Å²) in [5, 5.41) is 0. The smallest absolute Gasteiger partial charge is 0.358 e. The molecule has 3 heteroatoms. The van der Waals surface area contributed by atoms with Crippen molar-refractivity contribution in [1.29, 1.82) is 0 Å². The Morgan fingerprint density at radius 1 is 1.10 bits per heavy atom. The first-order valence-electron chi connectivity index (χ1n) is 1.72. The van der Waals surface area contributed by atoms with E-state index in [0.29, 0.717) is 0 Å². The van der Waals surface area contributed by atoms with Crippen LogP contribution in [0.5, 0.6) is 0 Å². The van der Waals surface area contributed by atoms with E-state index < -0.39 is 0 Å². The maximum atomic E-state index is 2.99. The zero-order valence-electron chi connectivity index (χ0n) is 6.26. The third-order valence-corrected chi connectivity index (χ3v) is 0.586. The Kier molecular flexibility index (Phi) is 69.0. The molecule has 1 aliphatic rings. The van der Waals surface area contributed by atoms with Gasteiger partial charge in [0, 0.05) is 0 Å². The molecule has 0 aliphatic heterocycles. The third kappa shape index (κ3) is 16.0. The van der Waals surface area contributed by atoms with Gasteiger partial charge < -0.3 is 14.9 Å². The number of halogens is 2. The van der Waals surface area contributed by atoms with Crippen LogP contribution in [0.4, 0.5) is 0 Å². The van der Waals surface area contributed by atoms with E-state index in [1.807, 2.05) is 12.2 Å². The first-order valence-corrected chi connectivity index (χ1v) is 1.72. The van der Waals surface area contributed by atoms with Crippen LogP contribution in [0, 0.1) is 20.9 Å². The fourth-order valence-corrected chi connectivity index (χ4v) is 0.340. The first kappa shape index (κ1) is 30.6. The van der Waals surface area contributed by atoms with Crippen LogP contribution in [0.1, 0.15) is 6.42 Å². The molecule has 0 fully saturated rings. The van der Waals surface area contributed by atoms with Crippen LogP contribution in [0.3, 0.4) is 0 Å². The Bertz CT molecular complexity index is 69.7. The van der Waals surface area contributed by atoms with Crippen molar-refractivity contribution in [3.8, 4) is 0 Å². The molecule has 0 aromatic rings.